The normalized spacial score (nSPS) is 11.0. The Morgan fingerprint density at radius 1 is 1.54 bits per heavy atom. The van der Waals surface area contributed by atoms with Crippen LogP contribution >= 0.6 is 12.6 Å². The van der Waals surface area contributed by atoms with Crippen LogP contribution in [0.5, 0.6) is 0 Å². The van der Waals surface area contributed by atoms with Gasteiger partial charge in [-0.15, -0.1) is 12.6 Å². The van der Waals surface area contributed by atoms with Gasteiger partial charge in [0.15, 0.2) is 5.58 Å². The summed E-state index contributed by atoms with van der Waals surface area (Å²) in [5, 5.41) is 8.71. The van der Waals surface area contributed by atoms with Crippen LogP contribution in [0.2, 0.25) is 0 Å². The number of nitrogens with zero attached hydrogens (tertiary/aromatic N) is 1. The predicted octanol–water partition coefficient (Wildman–Crippen LogP) is 1.75. The molecule has 3 nitrogen and oxygen atoms in total. The van der Waals surface area contributed by atoms with E-state index in [1.807, 2.05) is 0 Å². The van der Waals surface area contributed by atoms with Crippen molar-refractivity contribution in [2.45, 2.75) is 11.5 Å². The molecule has 0 unspecified atom stereocenters. The SMILES string of the molecule is OCc1nc2cc(F)c(S)cc2o1. The number of aromatic nitrogens is 1. The molecular weight excluding hydrogens is 193 g/mol. The average molecular weight is 199 g/mol. The zero-order valence-corrected chi connectivity index (χ0v) is 7.38. The van der Waals surface area contributed by atoms with Crippen LogP contribution in [0.15, 0.2) is 21.4 Å². The molecule has 0 aliphatic heterocycles. The Morgan fingerprint density at radius 2 is 2.31 bits per heavy atom. The van der Waals surface area contributed by atoms with Gasteiger partial charge in [-0.05, 0) is 6.07 Å². The molecule has 0 saturated carbocycles. The van der Waals surface area contributed by atoms with E-state index in [4.69, 9.17) is 9.52 Å². The molecule has 0 aliphatic carbocycles. The van der Waals surface area contributed by atoms with E-state index in [-0.39, 0.29) is 17.4 Å². The summed E-state index contributed by atoms with van der Waals surface area (Å²) in [5.74, 6) is -0.276. The van der Waals surface area contributed by atoms with Gasteiger partial charge < -0.3 is 9.52 Å². The van der Waals surface area contributed by atoms with Crippen LogP contribution in [-0.4, -0.2) is 10.1 Å². The van der Waals surface area contributed by atoms with Crippen molar-refractivity contribution in [2.75, 3.05) is 0 Å². The molecule has 1 aromatic heterocycles. The van der Waals surface area contributed by atoms with Crippen molar-refractivity contribution in [1.29, 1.82) is 0 Å². The molecule has 0 radical (unpaired) electrons. The second kappa shape index (κ2) is 3.01. The summed E-state index contributed by atoms with van der Waals surface area (Å²) in [5.41, 5.74) is 0.815. The lowest BCUT2D eigenvalue weighted by molar-refractivity contribution is 0.244. The van der Waals surface area contributed by atoms with E-state index in [1.165, 1.54) is 12.1 Å². The van der Waals surface area contributed by atoms with Crippen LogP contribution in [0.3, 0.4) is 0 Å². The van der Waals surface area contributed by atoms with E-state index < -0.39 is 5.82 Å². The molecule has 2 rings (SSSR count). The lowest BCUT2D eigenvalue weighted by atomic mass is 10.3. The smallest absolute Gasteiger partial charge is 0.221 e. The van der Waals surface area contributed by atoms with Crippen LogP contribution in [0.4, 0.5) is 4.39 Å². The number of aliphatic hydroxyl groups is 1. The quantitative estimate of drug-likeness (QED) is 0.688. The number of aliphatic hydroxyl groups excluding tert-OH is 1. The van der Waals surface area contributed by atoms with Crippen LogP contribution < -0.4 is 0 Å². The number of halogens is 1. The Kier molecular flexibility index (Phi) is 1.97. The summed E-state index contributed by atoms with van der Waals surface area (Å²) in [7, 11) is 0. The van der Waals surface area contributed by atoms with Gasteiger partial charge in [0.1, 0.15) is 17.9 Å². The first-order valence-corrected chi connectivity index (χ1v) is 4.04. The minimum atomic E-state index is -0.450. The Morgan fingerprint density at radius 3 is 3.00 bits per heavy atom. The molecule has 1 heterocycles. The molecular formula is C8H6FNO2S. The topological polar surface area (TPSA) is 46.3 Å². The van der Waals surface area contributed by atoms with Crippen LogP contribution in [0, 0.1) is 5.82 Å². The summed E-state index contributed by atoms with van der Waals surface area (Å²) in [6.45, 7) is -0.293. The van der Waals surface area contributed by atoms with Crippen molar-refractivity contribution < 1.29 is 13.9 Å². The molecule has 0 saturated heterocycles. The third kappa shape index (κ3) is 1.40. The molecule has 0 spiro atoms. The van der Waals surface area contributed by atoms with Crippen molar-refractivity contribution in [3.8, 4) is 0 Å². The standard InChI is InChI=1S/C8H6FNO2S/c9-4-1-5-6(2-7(4)13)12-8(3-11)10-5/h1-2,11,13H,3H2. The number of benzene rings is 1. The highest BCUT2D eigenvalue weighted by molar-refractivity contribution is 7.80. The molecule has 1 N–H and O–H groups in total. The Bertz CT molecular complexity index is 416. The van der Waals surface area contributed by atoms with E-state index in [2.05, 4.69) is 17.6 Å². The molecule has 0 fully saturated rings. The number of rotatable bonds is 1. The highest BCUT2D eigenvalue weighted by Crippen LogP contribution is 2.22. The Labute approximate surface area is 78.6 Å². The molecule has 1 aromatic carbocycles. The van der Waals surface area contributed by atoms with Gasteiger partial charge in [0, 0.05) is 11.0 Å². The van der Waals surface area contributed by atoms with Crippen molar-refractivity contribution in [2.24, 2.45) is 0 Å². The zero-order chi connectivity index (χ0) is 9.42. The summed E-state index contributed by atoms with van der Waals surface area (Å²) < 4.78 is 18.0. The summed E-state index contributed by atoms with van der Waals surface area (Å²) in [6.07, 6.45) is 0. The largest absolute Gasteiger partial charge is 0.438 e. The molecule has 0 aliphatic rings. The van der Waals surface area contributed by atoms with E-state index >= 15 is 0 Å². The number of thiol groups is 1. The van der Waals surface area contributed by atoms with Gasteiger partial charge in [-0.2, -0.15) is 0 Å². The lowest BCUT2D eigenvalue weighted by Gasteiger charge is -1.91. The summed E-state index contributed by atoms with van der Waals surface area (Å²) >= 11 is 3.89. The lowest BCUT2D eigenvalue weighted by Crippen LogP contribution is -1.80. The van der Waals surface area contributed by atoms with Gasteiger partial charge >= 0.3 is 0 Å². The number of hydrogen-bond donors (Lipinski definition) is 2. The van der Waals surface area contributed by atoms with Gasteiger partial charge in [0.2, 0.25) is 5.89 Å². The van der Waals surface area contributed by atoms with Crippen molar-refractivity contribution in [3.05, 3.63) is 23.8 Å². The van der Waals surface area contributed by atoms with E-state index in [9.17, 15) is 4.39 Å². The fraction of sp³-hybridized carbons (Fsp3) is 0.125. The fourth-order valence-corrected chi connectivity index (χ4v) is 1.23. The van der Waals surface area contributed by atoms with Crippen LogP contribution in [-0.2, 0) is 6.61 Å². The van der Waals surface area contributed by atoms with Gasteiger partial charge in [-0.1, -0.05) is 0 Å². The molecule has 13 heavy (non-hydrogen) atoms. The monoisotopic (exact) mass is 199 g/mol. The van der Waals surface area contributed by atoms with Gasteiger partial charge in [0.25, 0.3) is 0 Å². The first kappa shape index (κ1) is 8.52. The van der Waals surface area contributed by atoms with E-state index in [0.29, 0.717) is 11.1 Å². The molecule has 0 bridgehead atoms. The highest BCUT2D eigenvalue weighted by Gasteiger charge is 2.07. The maximum Gasteiger partial charge on any atom is 0.221 e. The molecule has 2 aromatic rings. The van der Waals surface area contributed by atoms with Crippen LogP contribution in [0.25, 0.3) is 11.1 Å². The third-order valence-electron chi connectivity index (χ3n) is 1.64. The van der Waals surface area contributed by atoms with Gasteiger partial charge in [0.05, 0.1) is 0 Å². The second-order valence-electron chi connectivity index (χ2n) is 2.54. The first-order valence-electron chi connectivity index (χ1n) is 3.59. The molecule has 0 amide bonds. The maximum absolute atomic E-state index is 12.9. The van der Waals surface area contributed by atoms with Crippen molar-refractivity contribution in [1.82, 2.24) is 4.98 Å². The summed E-state index contributed by atoms with van der Waals surface area (Å²) in [6, 6.07) is 2.65. The van der Waals surface area contributed by atoms with Crippen LogP contribution in [0.1, 0.15) is 5.89 Å². The molecule has 68 valence electrons. The molecule has 5 heteroatoms. The average Bonchev–Trinajstić information content (AvgIpc) is 2.48. The Balaban J connectivity index is 2.70. The second-order valence-corrected chi connectivity index (χ2v) is 3.02. The fourth-order valence-electron chi connectivity index (χ4n) is 1.05. The Hall–Kier alpha value is -1.07. The minimum absolute atomic E-state index is 0.174. The van der Waals surface area contributed by atoms with Crippen molar-refractivity contribution in [3.63, 3.8) is 0 Å². The van der Waals surface area contributed by atoms with Gasteiger partial charge in [-0.3, -0.25) is 0 Å². The first-order chi connectivity index (χ1) is 6.20. The minimum Gasteiger partial charge on any atom is -0.438 e. The van der Waals surface area contributed by atoms with E-state index in [0.717, 1.165) is 0 Å². The predicted molar refractivity (Wildman–Crippen MR) is 47.1 cm³/mol. The van der Waals surface area contributed by atoms with E-state index in [1.54, 1.807) is 0 Å². The van der Waals surface area contributed by atoms with Gasteiger partial charge in [-0.25, -0.2) is 9.37 Å². The summed E-state index contributed by atoms with van der Waals surface area (Å²) in [4.78, 5) is 4.04. The number of oxazole rings is 1. The maximum atomic E-state index is 12.9. The third-order valence-corrected chi connectivity index (χ3v) is 1.98. The zero-order valence-electron chi connectivity index (χ0n) is 6.49. The molecule has 0 atom stereocenters. The van der Waals surface area contributed by atoms with Crippen molar-refractivity contribution >= 4 is 23.7 Å². The number of hydrogen-bond acceptors (Lipinski definition) is 4. The highest BCUT2D eigenvalue weighted by atomic mass is 32.1. The number of fused-ring (bicyclic) bond motifs is 1.